The summed E-state index contributed by atoms with van der Waals surface area (Å²) in [5.41, 5.74) is 0. The molecule has 0 radical (unpaired) electrons. The van der Waals surface area contributed by atoms with E-state index in [2.05, 4.69) is 38.0 Å². The van der Waals surface area contributed by atoms with E-state index >= 15 is 0 Å². The van der Waals surface area contributed by atoms with Gasteiger partial charge in [-0.15, -0.1) is 0 Å². The monoisotopic (exact) mass is 226 g/mol. The van der Waals surface area contributed by atoms with Crippen LogP contribution in [-0.2, 0) is 0 Å². The lowest BCUT2D eigenvalue weighted by molar-refractivity contribution is 0.168. The summed E-state index contributed by atoms with van der Waals surface area (Å²) in [6, 6.07) is 2.21. The van der Waals surface area contributed by atoms with Crippen molar-refractivity contribution in [2.75, 3.05) is 13.6 Å². The Morgan fingerprint density at radius 2 is 1.75 bits per heavy atom. The first kappa shape index (κ1) is 14.0. The molecule has 1 N–H and O–H groups in total. The fourth-order valence-electron chi connectivity index (χ4n) is 2.84. The third-order valence-corrected chi connectivity index (χ3v) is 4.27. The lowest BCUT2D eigenvalue weighted by Gasteiger charge is -2.33. The van der Waals surface area contributed by atoms with Crippen molar-refractivity contribution in [1.29, 1.82) is 0 Å². The average molecular weight is 226 g/mol. The summed E-state index contributed by atoms with van der Waals surface area (Å²) in [6.45, 7) is 8.08. The zero-order chi connectivity index (χ0) is 12.0. The van der Waals surface area contributed by atoms with Gasteiger partial charge in [-0.3, -0.25) is 4.90 Å². The largest absolute Gasteiger partial charge is 0.312 e. The van der Waals surface area contributed by atoms with Crippen molar-refractivity contribution in [2.24, 2.45) is 0 Å². The van der Waals surface area contributed by atoms with E-state index in [9.17, 15) is 0 Å². The van der Waals surface area contributed by atoms with Crippen LogP contribution in [0.4, 0.5) is 0 Å². The van der Waals surface area contributed by atoms with Crippen LogP contribution in [0.1, 0.15) is 59.3 Å². The third-order valence-electron chi connectivity index (χ3n) is 4.27. The van der Waals surface area contributed by atoms with Gasteiger partial charge in [-0.25, -0.2) is 0 Å². The molecule has 0 saturated heterocycles. The molecule has 0 aromatic heterocycles. The quantitative estimate of drug-likeness (QED) is 0.718. The minimum atomic E-state index is 0.658. The van der Waals surface area contributed by atoms with E-state index in [1.54, 1.807) is 0 Å². The van der Waals surface area contributed by atoms with Crippen LogP contribution in [-0.4, -0.2) is 36.6 Å². The lowest BCUT2D eigenvalue weighted by atomic mass is 10.1. The summed E-state index contributed by atoms with van der Waals surface area (Å²) in [6.07, 6.45) is 8.16. The Bertz CT molecular complexity index is 172. The molecule has 1 aliphatic rings. The normalized spacial score (nSPS) is 19.9. The summed E-state index contributed by atoms with van der Waals surface area (Å²) in [5.74, 6) is 0. The van der Waals surface area contributed by atoms with Crippen molar-refractivity contribution < 1.29 is 0 Å². The lowest BCUT2D eigenvalue weighted by Crippen LogP contribution is -2.45. The number of hydrogen-bond donors (Lipinski definition) is 1. The van der Waals surface area contributed by atoms with Crippen molar-refractivity contribution in [3.8, 4) is 0 Å². The van der Waals surface area contributed by atoms with Gasteiger partial charge in [-0.1, -0.05) is 26.7 Å². The van der Waals surface area contributed by atoms with E-state index in [1.807, 2.05) is 0 Å². The summed E-state index contributed by atoms with van der Waals surface area (Å²) < 4.78 is 0. The molecule has 0 heterocycles. The molecule has 1 fully saturated rings. The molecule has 1 rings (SSSR count). The minimum absolute atomic E-state index is 0.658. The molecule has 0 aromatic carbocycles. The molecule has 1 aliphatic carbocycles. The van der Waals surface area contributed by atoms with Crippen LogP contribution in [0.3, 0.4) is 0 Å². The third kappa shape index (κ3) is 4.06. The Morgan fingerprint density at radius 3 is 2.25 bits per heavy atom. The van der Waals surface area contributed by atoms with Gasteiger partial charge in [0.25, 0.3) is 0 Å². The fourth-order valence-corrected chi connectivity index (χ4v) is 2.84. The van der Waals surface area contributed by atoms with Gasteiger partial charge in [0.1, 0.15) is 0 Å². The second-order valence-electron chi connectivity index (χ2n) is 5.37. The van der Waals surface area contributed by atoms with E-state index in [4.69, 9.17) is 0 Å². The Kier molecular flexibility index (Phi) is 6.37. The van der Waals surface area contributed by atoms with E-state index in [1.165, 1.54) is 38.5 Å². The molecule has 96 valence electrons. The maximum atomic E-state index is 3.72. The Labute approximate surface area is 102 Å². The van der Waals surface area contributed by atoms with E-state index in [-0.39, 0.29) is 0 Å². The highest BCUT2D eigenvalue weighted by atomic mass is 15.2. The van der Waals surface area contributed by atoms with Crippen LogP contribution >= 0.6 is 0 Å². The van der Waals surface area contributed by atoms with Crippen LogP contribution in [0.15, 0.2) is 0 Å². The number of rotatable bonds is 7. The van der Waals surface area contributed by atoms with Crippen molar-refractivity contribution in [3.05, 3.63) is 0 Å². The number of nitrogens with one attached hydrogen (secondary N) is 1. The molecule has 1 unspecified atom stereocenters. The summed E-state index contributed by atoms with van der Waals surface area (Å²) in [4.78, 5) is 2.54. The van der Waals surface area contributed by atoms with Gasteiger partial charge in [0.15, 0.2) is 0 Å². The van der Waals surface area contributed by atoms with Gasteiger partial charge in [0, 0.05) is 24.7 Å². The van der Waals surface area contributed by atoms with Gasteiger partial charge in [-0.05, 0) is 39.7 Å². The number of likely N-dealkylation sites (N-methyl/N-ethyl adjacent to an activating group) is 1. The zero-order valence-corrected chi connectivity index (χ0v) is 11.6. The molecule has 0 spiro atoms. The predicted molar refractivity (Wildman–Crippen MR) is 71.9 cm³/mol. The topological polar surface area (TPSA) is 15.3 Å². The van der Waals surface area contributed by atoms with E-state index < -0.39 is 0 Å². The van der Waals surface area contributed by atoms with Crippen LogP contribution in [0.5, 0.6) is 0 Å². The molecule has 0 aliphatic heterocycles. The van der Waals surface area contributed by atoms with Crippen molar-refractivity contribution >= 4 is 0 Å². The van der Waals surface area contributed by atoms with Crippen LogP contribution < -0.4 is 5.32 Å². The predicted octanol–water partition coefficient (Wildman–Crippen LogP) is 3.03. The van der Waals surface area contributed by atoms with Crippen molar-refractivity contribution in [2.45, 2.75) is 77.4 Å². The smallest absolute Gasteiger partial charge is 0.0192 e. The van der Waals surface area contributed by atoms with Gasteiger partial charge < -0.3 is 5.32 Å². The van der Waals surface area contributed by atoms with Gasteiger partial charge >= 0.3 is 0 Å². The van der Waals surface area contributed by atoms with Crippen LogP contribution in [0.2, 0.25) is 0 Å². The summed E-state index contributed by atoms with van der Waals surface area (Å²) in [5, 5.41) is 3.72. The van der Waals surface area contributed by atoms with Crippen LogP contribution in [0.25, 0.3) is 0 Å². The molecule has 16 heavy (non-hydrogen) atoms. The second-order valence-corrected chi connectivity index (χ2v) is 5.37. The first-order chi connectivity index (χ1) is 7.69. The highest BCUT2D eigenvalue weighted by molar-refractivity contribution is 4.78. The maximum absolute atomic E-state index is 3.72. The molecular weight excluding hydrogens is 196 g/mol. The second kappa shape index (κ2) is 7.29. The Balaban J connectivity index is 2.24. The highest BCUT2D eigenvalue weighted by Gasteiger charge is 2.19. The zero-order valence-electron chi connectivity index (χ0n) is 11.6. The standard InChI is InChI=1S/C14H30N2/c1-5-14(6-2)16(4)12(3)11-15-13-9-7-8-10-13/h12-15H,5-11H2,1-4H3. The summed E-state index contributed by atoms with van der Waals surface area (Å²) >= 11 is 0. The number of nitrogens with zero attached hydrogens (tertiary/aromatic N) is 1. The molecule has 0 bridgehead atoms. The molecule has 1 saturated carbocycles. The Morgan fingerprint density at radius 1 is 1.19 bits per heavy atom. The first-order valence-electron chi connectivity index (χ1n) is 7.14. The van der Waals surface area contributed by atoms with Crippen molar-refractivity contribution in [3.63, 3.8) is 0 Å². The summed E-state index contributed by atoms with van der Waals surface area (Å²) in [7, 11) is 2.28. The van der Waals surface area contributed by atoms with Gasteiger partial charge in [0.05, 0.1) is 0 Å². The van der Waals surface area contributed by atoms with E-state index in [0.717, 1.165) is 18.6 Å². The molecule has 1 atom stereocenters. The molecule has 0 amide bonds. The van der Waals surface area contributed by atoms with E-state index in [0.29, 0.717) is 6.04 Å². The van der Waals surface area contributed by atoms with Crippen molar-refractivity contribution in [1.82, 2.24) is 10.2 Å². The molecular formula is C14H30N2. The SMILES string of the molecule is CCC(CC)N(C)C(C)CNC1CCCC1. The average Bonchev–Trinajstić information content (AvgIpc) is 2.80. The number of hydrogen-bond acceptors (Lipinski definition) is 2. The van der Waals surface area contributed by atoms with Gasteiger partial charge in [0.2, 0.25) is 0 Å². The molecule has 2 nitrogen and oxygen atoms in total. The molecule has 0 aromatic rings. The highest BCUT2D eigenvalue weighted by Crippen LogP contribution is 2.18. The molecule has 2 heteroatoms. The van der Waals surface area contributed by atoms with Gasteiger partial charge in [-0.2, -0.15) is 0 Å². The maximum Gasteiger partial charge on any atom is 0.0192 e. The van der Waals surface area contributed by atoms with Crippen LogP contribution in [0, 0.1) is 0 Å². The fraction of sp³-hybridized carbons (Fsp3) is 1.00. The minimum Gasteiger partial charge on any atom is -0.312 e. The first-order valence-corrected chi connectivity index (χ1v) is 7.14. The Hall–Kier alpha value is -0.0800.